The maximum Gasteiger partial charge on any atom is 0.222 e. The number of hydrogen-bond donors (Lipinski definition) is 0. The van der Waals surface area contributed by atoms with E-state index in [0.717, 1.165) is 25.3 Å². The van der Waals surface area contributed by atoms with Crippen molar-refractivity contribution in [1.82, 2.24) is 4.90 Å². The quantitative estimate of drug-likeness (QED) is 0.663. The summed E-state index contributed by atoms with van der Waals surface area (Å²) in [6, 6.07) is 0.614. The molecule has 1 aliphatic carbocycles. The highest BCUT2D eigenvalue weighted by Crippen LogP contribution is 2.36. The number of amides is 1. The predicted molar refractivity (Wildman–Crippen MR) is 57.0 cm³/mol. The Morgan fingerprint density at radius 1 is 1.29 bits per heavy atom. The second-order valence-corrected chi connectivity index (χ2v) is 4.74. The highest BCUT2D eigenvalue weighted by atomic mass is 16.2. The first-order chi connectivity index (χ1) is 6.83. The lowest BCUT2D eigenvalue weighted by molar-refractivity contribution is -0.132. The summed E-state index contributed by atoms with van der Waals surface area (Å²) in [5.41, 5.74) is 0. The van der Waals surface area contributed by atoms with Crippen molar-refractivity contribution in [2.45, 2.75) is 57.9 Å². The van der Waals surface area contributed by atoms with E-state index in [2.05, 4.69) is 11.8 Å². The molecule has 80 valence electrons. The fraction of sp³-hybridized carbons (Fsp3) is 0.917. The van der Waals surface area contributed by atoms with Crippen LogP contribution in [0.4, 0.5) is 0 Å². The average Bonchev–Trinajstić information content (AvgIpc) is 2.61. The molecule has 1 saturated carbocycles. The Bertz CT molecular complexity index is 214. The van der Waals surface area contributed by atoms with Crippen LogP contribution < -0.4 is 0 Å². The summed E-state index contributed by atoms with van der Waals surface area (Å²) in [7, 11) is 0. The zero-order chi connectivity index (χ0) is 9.97. The van der Waals surface area contributed by atoms with Gasteiger partial charge in [0.05, 0.1) is 0 Å². The van der Waals surface area contributed by atoms with Crippen LogP contribution in [-0.2, 0) is 4.79 Å². The molecule has 2 atom stereocenters. The van der Waals surface area contributed by atoms with Crippen LogP contribution in [0, 0.1) is 5.92 Å². The van der Waals surface area contributed by atoms with E-state index in [9.17, 15) is 4.79 Å². The minimum Gasteiger partial charge on any atom is -0.339 e. The molecular weight excluding hydrogens is 174 g/mol. The third-order valence-electron chi connectivity index (χ3n) is 3.79. The lowest BCUT2D eigenvalue weighted by Gasteiger charge is -2.31. The number of likely N-dealkylation sites (tertiary alicyclic amines) is 1. The van der Waals surface area contributed by atoms with Crippen LogP contribution in [0.15, 0.2) is 0 Å². The van der Waals surface area contributed by atoms with Gasteiger partial charge in [0.25, 0.3) is 0 Å². The van der Waals surface area contributed by atoms with Crippen molar-refractivity contribution in [3.8, 4) is 0 Å². The Kier molecular flexibility index (Phi) is 3.09. The van der Waals surface area contributed by atoms with Crippen molar-refractivity contribution < 1.29 is 4.79 Å². The Balaban J connectivity index is 1.96. The first kappa shape index (κ1) is 10.0. The first-order valence-electron chi connectivity index (χ1n) is 6.12. The Morgan fingerprint density at radius 2 is 2.07 bits per heavy atom. The van der Waals surface area contributed by atoms with E-state index in [0.29, 0.717) is 11.9 Å². The lowest BCUT2D eigenvalue weighted by Crippen LogP contribution is -2.39. The standard InChI is InChI=1S/C12H21NO/c1-2-5-12(14)13-9-8-10-6-3-4-7-11(10)13/h10-11H,2-9H2,1H3/t10-,11-/m0/s1. The molecule has 0 unspecified atom stereocenters. The third kappa shape index (κ3) is 1.79. The van der Waals surface area contributed by atoms with Gasteiger partial charge in [0.1, 0.15) is 0 Å². The van der Waals surface area contributed by atoms with Crippen LogP contribution in [0.2, 0.25) is 0 Å². The van der Waals surface area contributed by atoms with E-state index >= 15 is 0 Å². The fourth-order valence-electron chi connectivity index (χ4n) is 3.07. The summed E-state index contributed by atoms with van der Waals surface area (Å²) in [6.45, 7) is 3.13. The van der Waals surface area contributed by atoms with Gasteiger partial charge in [0, 0.05) is 19.0 Å². The van der Waals surface area contributed by atoms with E-state index in [4.69, 9.17) is 0 Å². The van der Waals surface area contributed by atoms with Gasteiger partial charge in [-0.1, -0.05) is 19.8 Å². The molecule has 2 aliphatic rings. The van der Waals surface area contributed by atoms with Crippen molar-refractivity contribution in [3.05, 3.63) is 0 Å². The van der Waals surface area contributed by atoms with Crippen LogP contribution in [-0.4, -0.2) is 23.4 Å². The number of fused-ring (bicyclic) bond motifs is 1. The van der Waals surface area contributed by atoms with Crippen molar-refractivity contribution >= 4 is 5.91 Å². The molecule has 0 N–H and O–H groups in total. The average molecular weight is 195 g/mol. The number of carbonyl (C=O) groups is 1. The molecule has 2 fully saturated rings. The Hall–Kier alpha value is -0.530. The summed E-state index contributed by atoms with van der Waals surface area (Å²) in [5, 5.41) is 0. The van der Waals surface area contributed by atoms with E-state index < -0.39 is 0 Å². The predicted octanol–water partition coefficient (Wildman–Crippen LogP) is 2.58. The molecule has 1 amide bonds. The van der Waals surface area contributed by atoms with Crippen molar-refractivity contribution in [3.63, 3.8) is 0 Å². The van der Waals surface area contributed by atoms with Gasteiger partial charge in [0.15, 0.2) is 0 Å². The van der Waals surface area contributed by atoms with Gasteiger partial charge in [-0.05, 0) is 31.6 Å². The van der Waals surface area contributed by atoms with Crippen molar-refractivity contribution in [2.75, 3.05) is 6.54 Å². The summed E-state index contributed by atoms with van der Waals surface area (Å²) < 4.78 is 0. The van der Waals surface area contributed by atoms with Crippen LogP contribution in [0.5, 0.6) is 0 Å². The topological polar surface area (TPSA) is 20.3 Å². The van der Waals surface area contributed by atoms with Crippen LogP contribution in [0.25, 0.3) is 0 Å². The smallest absolute Gasteiger partial charge is 0.222 e. The van der Waals surface area contributed by atoms with E-state index in [1.165, 1.54) is 32.1 Å². The van der Waals surface area contributed by atoms with Crippen molar-refractivity contribution in [2.24, 2.45) is 5.92 Å². The van der Waals surface area contributed by atoms with E-state index in [1.54, 1.807) is 0 Å². The molecule has 1 saturated heterocycles. The monoisotopic (exact) mass is 195 g/mol. The number of hydrogen-bond acceptors (Lipinski definition) is 1. The summed E-state index contributed by atoms with van der Waals surface area (Å²) >= 11 is 0. The lowest BCUT2D eigenvalue weighted by atomic mass is 9.85. The van der Waals surface area contributed by atoms with Crippen LogP contribution in [0.3, 0.4) is 0 Å². The molecule has 0 radical (unpaired) electrons. The molecule has 2 nitrogen and oxygen atoms in total. The van der Waals surface area contributed by atoms with Crippen molar-refractivity contribution in [1.29, 1.82) is 0 Å². The van der Waals surface area contributed by atoms with Crippen LogP contribution in [0.1, 0.15) is 51.9 Å². The highest BCUT2D eigenvalue weighted by molar-refractivity contribution is 5.76. The van der Waals surface area contributed by atoms with Gasteiger partial charge < -0.3 is 4.90 Å². The molecule has 14 heavy (non-hydrogen) atoms. The second-order valence-electron chi connectivity index (χ2n) is 4.74. The Morgan fingerprint density at radius 3 is 2.86 bits per heavy atom. The molecule has 0 bridgehead atoms. The minimum atomic E-state index is 0.405. The van der Waals surface area contributed by atoms with Gasteiger partial charge in [-0.2, -0.15) is 0 Å². The maximum atomic E-state index is 11.8. The normalized spacial score (nSPS) is 31.6. The molecule has 2 heteroatoms. The zero-order valence-electron chi connectivity index (χ0n) is 9.17. The summed E-state index contributed by atoms with van der Waals surface area (Å²) in [4.78, 5) is 14.0. The third-order valence-corrected chi connectivity index (χ3v) is 3.79. The summed E-state index contributed by atoms with van der Waals surface area (Å²) in [6.07, 6.45) is 8.35. The van der Waals surface area contributed by atoms with Gasteiger partial charge in [-0.25, -0.2) is 0 Å². The SMILES string of the molecule is CCCC(=O)N1CC[C@@H]2CCCC[C@@H]21. The second kappa shape index (κ2) is 4.33. The molecule has 1 heterocycles. The van der Waals surface area contributed by atoms with E-state index in [-0.39, 0.29) is 0 Å². The maximum absolute atomic E-state index is 11.8. The first-order valence-corrected chi connectivity index (χ1v) is 6.12. The minimum absolute atomic E-state index is 0.405. The molecule has 0 aromatic heterocycles. The number of carbonyl (C=O) groups excluding carboxylic acids is 1. The van der Waals surface area contributed by atoms with Gasteiger partial charge in [-0.15, -0.1) is 0 Å². The molecule has 0 aromatic carbocycles. The molecule has 1 aliphatic heterocycles. The highest BCUT2D eigenvalue weighted by Gasteiger charge is 2.37. The largest absolute Gasteiger partial charge is 0.339 e. The Labute approximate surface area is 86.7 Å². The number of nitrogens with zero attached hydrogens (tertiary/aromatic N) is 1. The van der Waals surface area contributed by atoms with Gasteiger partial charge >= 0.3 is 0 Å². The van der Waals surface area contributed by atoms with E-state index in [1.807, 2.05) is 0 Å². The molecule has 0 aromatic rings. The molecular formula is C12H21NO. The summed E-state index contributed by atoms with van der Waals surface area (Å²) in [5.74, 6) is 1.24. The molecule has 0 spiro atoms. The van der Waals surface area contributed by atoms with Gasteiger partial charge in [-0.3, -0.25) is 4.79 Å². The zero-order valence-corrected chi connectivity index (χ0v) is 9.17. The fourth-order valence-corrected chi connectivity index (χ4v) is 3.07. The molecule has 2 rings (SSSR count). The van der Waals surface area contributed by atoms with Gasteiger partial charge in [0.2, 0.25) is 5.91 Å². The number of rotatable bonds is 2. The van der Waals surface area contributed by atoms with Crippen LogP contribution >= 0.6 is 0 Å².